The van der Waals surface area contributed by atoms with Crippen molar-refractivity contribution in [3.63, 3.8) is 0 Å². The lowest BCUT2D eigenvalue weighted by molar-refractivity contribution is -0.138. The Balaban J connectivity index is 2.38. The summed E-state index contributed by atoms with van der Waals surface area (Å²) in [4.78, 5) is 12.5. The molecule has 0 spiro atoms. The third kappa shape index (κ3) is 6.22. The minimum absolute atomic E-state index is 0.000488. The molecule has 0 radical (unpaired) electrons. The van der Waals surface area contributed by atoms with Crippen LogP contribution in [-0.4, -0.2) is 55.9 Å². The van der Waals surface area contributed by atoms with Crippen LogP contribution in [0.4, 0.5) is 0 Å². The van der Waals surface area contributed by atoms with E-state index in [-0.39, 0.29) is 6.54 Å². The average molecular weight is 267 g/mol. The molecule has 0 aromatic heterocycles. The maximum absolute atomic E-state index is 10.7. The summed E-state index contributed by atoms with van der Waals surface area (Å²) in [5, 5.41) is 8.82. The van der Waals surface area contributed by atoms with Crippen molar-refractivity contribution in [2.75, 3.05) is 40.0 Å². The van der Waals surface area contributed by atoms with Gasteiger partial charge in [-0.15, -0.1) is 0 Å². The largest absolute Gasteiger partial charge is 0.492 e. The molecule has 106 valence electrons. The smallest absolute Gasteiger partial charge is 0.317 e. The zero-order valence-electron chi connectivity index (χ0n) is 11.5. The van der Waals surface area contributed by atoms with E-state index in [1.807, 2.05) is 31.2 Å². The minimum Gasteiger partial charge on any atom is -0.492 e. The molecule has 19 heavy (non-hydrogen) atoms. The van der Waals surface area contributed by atoms with Gasteiger partial charge < -0.3 is 14.6 Å². The van der Waals surface area contributed by atoms with Crippen LogP contribution in [0, 0.1) is 6.92 Å². The van der Waals surface area contributed by atoms with Gasteiger partial charge >= 0.3 is 5.97 Å². The van der Waals surface area contributed by atoms with Crippen LogP contribution in [0.3, 0.4) is 0 Å². The van der Waals surface area contributed by atoms with Crippen LogP contribution >= 0.6 is 0 Å². The number of methoxy groups -OCH3 is 1. The van der Waals surface area contributed by atoms with Crippen molar-refractivity contribution in [3.05, 3.63) is 29.8 Å². The summed E-state index contributed by atoms with van der Waals surface area (Å²) in [6.07, 6.45) is 0. The van der Waals surface area contributed by atoms with Crippen LogP contribution < -0.4 is 4.74 Å². The van der Waals surface area contributed by atoms with E-state index in [4.69, 9.17) is 14.6 Å². The molecule has 1 aromatic carbocycles. The molecule has 0 aliphatic rings. The van der Waals surface area contributed by atoms with E-state index in [1.165, 1.54) is 0 Å². The van der Waals surface area contributed by atoms with E-state index in [0.717, 1.165) is 11.3 Å². The maximum atomic E-state index is 10.7. The molecule has 0 amide bonds. The Hall–Kier alpha value is -1.59. The third-order valence-corrected chi connectivity index (χ3v) is 2.73. The summed E-state index contributed by atoms with van der Waals surface area (Å²) >= 11 is 0. The number of benzene rings is 1. The zero-order valence-corrected chi connectivity index (χ0v) is 11.5. The fourth-order valence-corrected chi connectivity index (χ4v) is 1.68. The maximum Gasteiger partial charge on any atom is 0.317 e. The second-order valence-corrected chi connectivity index (χ2v) is 4.28. The molecule has 0 saturated heterocycles. The van der Waals surface area contributed by atoms with Crippen LogP contribution in [0.2, 0.25) is 0 Å². The zero-order chi connectivity index (χ0) is 14.1. The van der Waals surface area contributed by atoms with E-state index in [2.05, 4.69) is 0 Å². The molecule has 0 heterocycles. The van der Waals surface area contributed by atoms with Crippen LogP contribution in [0.5, 0.6) is 5.75 Å². The SMILES string of the molecule is COCCN(CCOc1ccccc1C)CC(=O)O. The fraction of sp³-hybridized carbons (Fsp3) is 0.500. The quantitative estimate of drug-likeness (QED) is 0.733. The number of para-hydroxylation sites is 1. The molecular weight excluding hydrogens is 246 g/mol. The molecule has 1 N–H and O–H groups in total. The van der Waals surface area contributed by atoms with Gasteiger partial charge in [-0.25, -0.2) is 0 Å². The van der Waals surface area contributed by atoms with Gasteiger partial charge in [0.2, 0.25) is 0 Å². The molecule has 0 saturated carbocycles. The van der Waals surface area contributed by atoms with Crippen molar-refractivity contribution in [2.24, 2.45) is 0 Å². The monoisotopic (exact) mass is 267 g/mol. The van der Waals surface area contributed by atoms with Crippen LogP contribution in [0.15, 0.2) is 24.3 Å². The summed E-state index contributed by atoms with van der Waals surface area (Å²) in [5.41, 5.74) is 1.07. The van der Waals surface area contributed by atoms with Gasteiger partial charge in [-0.2, -0.15) is 0 Å². The van der Waals surface area contributed by atoms with Crippen molar-refractivity contribution in [1.29, 1.82) is 0 Å². The van der Waals surface area contributed by atoms with Crippen LogP contribution in [0.1, 0.15) is 5.56 Å². The first kappa shape index (κ1) is 15.5. The van der Waals surface area contributed by atoms with Crippen molar-refractivity contribution in [1.82, 2.24) is 4.90 Å². The number of aliphatic carboxylic acids is 1. The average Bonchev–Trinajstić information content (AvgIpc) is 2.37. The summed E-state index contributed by atoms with van der Waals surface area (Å²) in [6.45, 7) is 4.10. The van der Waals surface area contributed by atoms with Crippen LogP contribution in [0.25, 0.3) is 0 Å². The van der Waals surface area contributed by atoms with Gasteiger partial charge in [0.15, 0.2) is 0 Å². The second kappa shape index (κ2) is 8.50. The molecule has 0 fully saturated rings. The topological polar surface area (TPSA) is 59.0 Å². The van der Waals surface area contributed by atoms with Crippen molar-refractivity contribution >= 4 is 5.97 Å². The number of hydrogen-bond acceptors (Lipinski definition) is 4. The van der Waals surface area contributed by atoms with Crippen LogP contribution in [-0.2, 0) is 9.53 Å². The molecule has 0 unspecified atom stereocenters. The first-order chi connectivity index (χ1) is 9.13. The van der Waals surface area contributed by atoms with Gasteiger partial charge in [0.25, 0.3) is 0 Å². The molecule has 0 atom stereocenters. The Labute approximate surface area is 113 Å². The number of nitrogens with zero attached hydrogens (tertiary/aromatic N) is 1. The van der Waals surface area contributed by atoms with E-state index >= 15 is 0 Å². The number of carboxylic acids is 1. The van der Waals surface area contributed by atoms with E-state index in [1.54, 1.807) is 12.0 Å². The molecule has 0 aliphatic carbocycles. The second-order valence-electron chi connectivity index (χ2n) is 4.28. The number of ether oxygens (including phenoxy) is 2. The highest BCUT2D eigenvalue weighted by Crippen LogP contribution is 2.15. The summed E-state index contributed by atoms with van der Waals surface area (Å²) < 4.78 is 10.6. The summed E-state index contributed by atoms with van der Waals surface area (Å²) in [7, 11) is 1.60. The van der Waals surface area contributed by atoms with E-state index in [0.29, 0.717) is 26.3 Å². The minimum atomic E-state index is -0.841. The first-order valence-electron chi connectivity index (χ1n) is 6.25. The third-order valence-electron chi connectivity index (χ3n) is 2.73. The Morgan fingerprint density at radius 1 is 1.26 bits per heavy atom. The first-order valence-corrected chi connectivity index (χ1v) is 6.25. The number of hydrogen-bond donors (Lipinski definition) is 1. The van der Waals surface area contributed by atoms with E-state index < -0.39 is 5.97 Å². The van der Waals surface area contributed by atoms with Crippen molar-refractivity contribution in [3.8, 4) is 5.75 Å². The summed E-state index contributed by atoms with van der Waals surface area (Å²) in [6, 6.07) is 7.76. The predicted molar refractivity (Wildman–Crippen MR) is 72.6 cm³/mol. The highest BCUT2D eigenvalue weighted by Gasteiger charge is 2.09. The van der Waals surface area contributed by atoms with Gasteiger partial charge in [0.05, 0.1) is 13.2 Å². The molecule has 1 rings (SSSR count). The normalized spacial score (nSPS) is 10.7. The van der Waals surface area contributed by atoms with Crippen molar-refractivity contribution < 1.29 is 19.4 Å². The van der Waals surface area contributed by atoms with Gasteiger partial charge in [-0.1, -0.05) is 18.2 Å². The highest BCUT2D eigenvalue weighted by atomic mass is 16.5. The molecule has 5 heteroatoms. The molecule has 5 nitrogen and oxygen atoms in total. The highest BCUT2D eigenvalue weighted by molar-refractivity contribution is 5.69. The Morgan fingerprint density at radius 3 is 2.58 bits per heavy atom. The van der Waals surface area contributed by atoms with Gasteiger partial charge in [0, 0.05) is 20.2 Å². The molecule has 0 aliphatic heterocycles. The predicted octanol–water partition coefficient (Wildman–Crippen LogP) is 1.41. The standard InChI is InChI=1S/C14H21NO4/c1-12-5-3-4-6-13(12)19-10-8-15(7-9-18-2)11-14(16)17/h3-6H,7-11H2,1-2H3,(H,16,17). The van der Waals surface area contributed by atoms with Gasteiger partial charge in [0.1, 0.15) is 12.4 Å². The molecule has 0 bridgehead atoms. The number of carboxylic acid groups (broad SMARTS) is 1. The number of carbonyl (C=O) groups is 1. The van der Waals surface area contributed by atoms with Gasteiger partial charge in [-0.05, 0) is 18.6 Å². The fourth-order valence-electron chi connectivity index (χ4n) is 1.68. The number of aryl methyl sites for hydroxylation is 1. The molecule has 1 aromatic rings. The van der Waals surface area contributed by atoms with Crippen molar-refractivity contribution in [2.45, 2.75) is 6.92 Å². The summed E-state index contributed by atoms with van der Waals surface area (Å²) in [5.74, 6) is -0.00323. The lowest BCUT2D eigenvalue weighted by Crippen LogP contribution is -2.35. The van der Waals surface area contributed by atoms with E-state index in [9.17, 15) is 4.79 Å². The number of rotatable bonds is 9. The molecular formula is C14H21NO4. The van der Waals surface area contributed by atoms with Gasteiger partial charge in [-0.3, -0.25) is 9.69 Å². The lowest BCUT2D eigenvalue weighted by Gasteiger charge is -2.20. The Morgan fingerprint density at radius 2 is 1.95 bits per heavy atom. The Bertz CT molecular complexity index is 395. The lowest BCUT2D eigenvalue weighted by atomic mass is 10.2. The Kier molecular flexibility index (Phi) is 6.92.